The van der Waals surface area contributed by atoms with Crippen molar-refractivity contribution < 1.29 is 32.3 Å². The summed E-state index contributed by atoms with van der Waals surface area (Å²) in [5, 5.41) is 5.20. The van der Waals surface area contributed by atoms with Crippen LogP contribution in [0.5, 0.6) is 0 Å². The zero-order valence-electron chi connectivity index (χ0n) is 27.6. The number of carbonyl (C=O) groups is 3. The molecule has 2 N–H and O–H groups in total. The van der Waals surface area contributed by atoms with Crippen LogP contribution in [0.15, 0.2) is 79.1 Å². The van der Waals surface area contributed by atoms with Gasteiger partial charge in [-0.25, -0.2) is 18.2 Å². The van der Waals surface area contributed by atoms with Crippen LogP contribution in [0.3, 0.4) is 0 Å². The summed E-state index contributed by atoms with van der Waals surface area (Å²) in [6.45, 7) is 3.28. The summed E-state index contributed by atoms with van der Waals surface area (Å²) < 4.78 is 48.5. The summed E-state index contributed by atoms with van der Waals surface area (Å²) in [5.41, 5.74) is 2.07. The van der Waals surface area contributed by atoms with Crippen LogP contribution in [-0.2, 0) is 11.2 Å². The van der Waals surface area contributed by atoms with E-state index in [1.165, 1.54) is 17.0 Å². The number of aromatic nitrogens is 2. The van der Waals surface area contributed by atoms with Crippen LogP contribution >= 0.6 is 11.3 Å². The van der Waals surface area contributed by atoms with Crippen LogP contribution in [0.2, 0.25) is 0 Å². The van der Waals surface area contributed by atoms with Crippen molar-refractivity contribution >= 4 is 51.9 Å². The van der Waals surface area contributed by atoms with E-state index in [0.717, 1.165) is 68.8 Å². The zero-order valence-corrected chi connectivity index (χ0v) is 28.4. The lowest BCUT2D eigenvalue weighted by atomic mass is 9.73. The number of para-hydroxylation sites is 1. The number of benzene rings is 2. The van der Waals surface area contributed by atoms with E-state index in [1.54, 1.807) is 48.7 Å². The summed E-state index contributed by atoms with van der Waals surface area (Å²) in [4.78, 5) is 53.4. The fraction of sp³-hybridized carbons (Fsp3) is 0.237. The number of nitrogens with one attached hydrogen (secondary N) is 2. The predicted octanol–water partition coefficient (Wildman–Crippen LogP) is 6.95. The molecular formula is C38H31F3N6O4S. The number of hydrogen-bond acceptors (Lipinski definition) is 8. The molecule has 264 valence electrons. The van der Waals surface area contributed by atoms with Crippen LogP contribution in [-0.4, -0.2) is 60.5 Å². The zero-order chi connectivity index (χ0) is 36.0. The lowest BCUT2D eigenvalue weighted by Crippen LogP contribution is -2.59. The molecule has 0 bridgehead atoms. The van der Waals surface area contributed by atoms with E-state index in [4.69, 9.17) is 4.74 Å². The SMILES string of the molecule is O=C(Nc1c(F)cccc1F)c1cc2c(s1)-c1ncc(F)cc1N(C(=O)c1ccc(NC(=O)c3cccnc3N3CC4(CCOCC4)C3)cc1)CC2. The fourth-order valence-corrected chi connectivity index (χ4v) is 8.11. The number of pyridine rings is 2. The van der Waals surface area contributed by atoms with Gasteiger partial charge in [-0.15, -0.1) is 11.3 Å². The fourth-order valence-electron chi connectivity index (χ4n) is 7.00. The van der Waals surface area contributed by atoms with Gasteiger partial charge in [-0.1, -0.05) is 6.07 Å². The topological polar surface area (TPSA) is 117 Å². The number of carbonyl (C=O) groups excluding carboxylic acids is 3. The predicted molar refractivity (Wildman–Crippen MR) is 191 cm³/mol. The Labute approximate surface area is 300 Å². The van der Waals surface area contributed by atoms with Gasteiger partial charge in [0.05, 0.1) is 27.2 Å². The van der Waals surface area contributed by atoms with Crippen LogP contribution < -0.4 is 20.4 Å². The maximum atomic E-state index is 14.6. The molecule has 52 heavy (non-hydrogen) atoms. The molecule has 3 amide bonds. The second-order valence-electron chi connectivity index (χ2n) is 13.1. The smallest absolute Gasteiger partial charge is 0.265 e. The second-order valence-corrected chi connectivity index (χ2v) is 14.2. The number of anilines is 4. The van der Waals surface area contributed by atoms with Gasteiger partial charge in [0.25, 0.3) is 17.7 Å². The molecule has 14 heteroatoms. The summed E-state index contributed by atoms with van der Waals surface area (Å²) in [5.74, 6) is -3.29. The third-order valence-electron chi connectivity index (χ3n) is 9.75. The maximum absolute atomic E-state index is 14.6. The summed E-state index contributed by atoms with van der Waals surface area (Å²) in [6.07, 6.45) is 4.99. The van der Waals surface area contributed by atoms with Gasteiger partial charge in [-0.05, 0) is 79.4 Å². The molecule has 2 saturated heterocycles. The molecule has 5 aromatic rings. The average molecular weight is 725 g/mol. The molecule has 0 aliphatic carbocycles. The third kappa shape index (κ3) is 6.28. The molecule has 0 atom stereocenters. The van der Waals surface area contributed by atoms with E-state index >= 15 is 0 Å². The molecule has 3 aliphatic rings. The molecule has 8 rings (SSSR count). The molecule has 2 fully saturated rings. The number of thiophene rings is 1. The Kier molecular flexibility index (Phi) is 8.71. The first-order valence-electron chi connectivity index (χ1n) is 16.7. The van der Waals surface area contributed by atoms with Crippen molar-refractivity contribution in [2.75, 3.05) is 53.3 Å². The molecule has 10 nitrogen and oxygen atoms in total. The lowest BCUT2D eigenvalue weighted by molar-refractivity contribution is -0.000510. The minimum absolute atomic E-state index is 0.136. The van der Waals surface area contributed by atoms with Gasteiger partial charge in [-0.3, -0.25) is 19.4 Å². The maximum Gasteiger partial charge on any atom is 0.265 e. The first-order chi connectivity index (χ1) is 25.2. The van der Waals surface area contributed by atoms with E-state index in [0.29, 0.717) is 45.2 Å². The number of hydrogen-bond donors (Lipinski definition) is 2. The first kappa shape index (κ1) is 33.5. The first-order valence-corrected chi connectivity index (χ1v) is 17.5. The number of halogens is 3. The molecule has 3 aliphatic heterocycles. The molecule has 2 aromatic carbocycles. The largest absolute Gasteiger partial charge is 0.381 e. The van der Waals surface area contributed by atoms with Crippen LogP contribution in [0.1, 0.15) is 48.8 Å². The molecule has 0 saturated carbocycles. The van der Waals surface area contributed by atoms with Crippen molar-refractivity contribution in [2.45, 2.75) is 19.3 Å². The van der Waals surface area contributed by atoms with Crippen molar-refractivity contribution in [3.05, 3.63) is 118 Å². The highest BCUT2D eigenvalue weighted by molar-refractivity contribution is 7.17. The van der Waals surface area contributed by atoms with Crippen molar-refractivity contribution in [1.82, 2.24) is 9.97 Å². The molecule has 3 aromatic heterocycles. The van der Waals surface area contributed by atoms with Crippen LogP contribution in [0.25, 0.3) is 10.6 Å². The Morgan fingerprint density at radius 2 is 1.62 bits per heavy atom. The molecule has 1 spiro atoms. The summed E-state index contributed by atoms with van der Waals surface area (Å²) >= 11 is 1.03. The molecular weight excluding hydrogens is 694 g/mol. The van der Waals surface area contributed by atoms with Gasteiger partial charge in [-0.2, -0.15) is 0 Å². The van der Waals surface area contributed by atoms with Crippen LogP contribution in [0.4, 0.5) is 36.1 Å². The molecule has 0 unspecified atom stereocenters. The number of amides is 3. The van der Waals surface area contributed by atoms with E-state index in [9.17, 15) is 27.6 Å². The normalized spacial score (nSPS) is 16.0. The number of fused-ring (bicyclic) bond motifs is 3. The van der Waals surface area contributed by atoms with E-state index < -0.39 is 35.0 Å². The monoisotopic (exact) mass is 724 g/mol. The number of rotatable bonds is 6. The van der Waals surface area contributed by atoms with Gasteiger partial charge in [0.2, 0.25) is 0 Å². The Bertz CT molecular complexity index is 2190. The lowest BCUT2D eigenvalue weighted by Gasteiger charge is -2.53. The number of nitrogens with zero attached hydrogens (tertiary/aromatic N) is 4. The Morgan fingerprint density at radius 3 is 2.37 bits per heavy atom. The average Bonchev–Trinajstić information content (AvgIpc) is 3.51. The Hall–Kier alpha value is -5.60. The van der Waals surface area contributed by atoms with Crippen molar-refractivity contribution in [3.63, 3.8) is 0 Å². The summed E-state index contributed by atoms with van der Waals surface area (Å²) in [7, 11) is 0. The molecule has 0 radical (unpaired) electrons. The standard InChI is InChI=1S/C38H31F3N6O4S/c39-24-18-29-32(43-19-24)33-23(17-30(52-33)36(49)45-31-27(40)4-1-5-28(31)41)10-14-47(29)37(50)22-6-8-25(9-7-22)44-35(48)26-3-2-13-42-34(26)46-20-38(21-46)11-15-51-16-12-38/h1-9,13,17-19H,10-12,14-16,20-21H2,(H,44,48)(H,45,49). The highest BCUT2D eigenvalue weighted by Gasteiger charge is 2.45. The summed E-state index contributed by atoms with van der Waals surface area (Å²) in [6, 6.07) is 16.0. The van der Waals surface area contributed by atoms with E-state index in [-0.39, 0.29) is 28.4 Å². The van der Waals surface area contributed by atoms with E-state index in [1.807, 2.05) is 0 Å². The van der Waals surface area contributed by atoms with Gasteiger partial charge >= 0.3 is 0 Å². The Morgan fingerprint density at radius 1 is 0.865 bits per heavy atom. The van der Waals surface area contributed by atoms with Gasteiger partial charge < -0.3 is 25.2 Å². The van der Waals surface area contributed by atoms with Crippen molar-refractivity contribution in [1.29, 1.82) is 0 Å². The Balaban J connectivity index is 0.984. The minimum Gasteiger partial charge on any atom is -0.381 e. The van der Waals surface area contributed by atoms with E-state index in [2.05, 4.69) is 25.5 Å². The quantitative estimate of drug-likeness (QED) is 0.195. The minimum atomic E-state index is -0.910. The van der Waals surface area contributed by atoms with Crippen molar-refractivity contribution in [2.24, 2.45) is 5.41 Å². The molecule has 6 heterocycles. The van der Waals surface area contributed by atoms with Crippen molar-refractivity contribution in [3.8, 4) is 10.6 Å². The van der Waals surface area contributed by atoms with Gasteiger partial charge in [0.1, 0.15) is 34.7 Å². The van der Waals surface area contributed by atoms with Gasteiger partial charge in [0.15, 0.2) is 0 Å². The highest BCUT2D eigenvalue weighted by Crippen LogP contribution is 2.43. The third-order valence-corrected chi connectivity index (χ3v) is 10.9. The van der Waals surface area contributed by atoms with Crippen LogP contribution in [0, 0.1) is 22.9 Å². The highest BCUT2D eigenvalue weighted by atomic mass is 32.1. The number of ether oxygens (including phenoxy) is 1. The van der Waals surface area contributed by atoms with Gasteiger partial charge in [0, 0.05) is 61.8 Å². The second kappa shape index (κ2) is 13.5.